The lowest BCUT2D eigenvalue weighted by molar-refractivity contribution is -0.122. The number of carbonyl (C=O) groups is 1. The Morgan fingerprint density at radius 1 is 1.25 bits per heavy atom. The van der Waals surface area contributed by atoms with Crippen molar-refractivity contribution in [2.45, 2.75) is 57.2 Å². The van der Waals surface area contributed by atoms with E-state index in [1.54, 1.807) is 12.1 Å². The number of benzene rings is 1. The summed E-state index contributed by atoms with van der Waals surface area (Å²) in [5, 5.41) is 13.6. The molecule has 2 N–H and O–H groups in total. The van der Waals surface area contributed by atoms with Crippen molar-refractivity contribution < 1.29 is 14.6 Å². The standard InChI is InChI=1S/C19H26N2O3/c1-12-7-14(8-13(2)17(12)22)18(23)21-5-6-24-19(11-21)9-15-3-4-16(10-19)20-15/h7-8,15-16,20,22H,3-6,9-11H2,1-2H3/t15-,16+,19?. The third-order valence-electron chi connectivity index (χ3n) is 5.85. The normalized spacial score (nSPS) is 32.3. The van der Waals surface area contributed by atoms with Gasteiger partial charge >= 0.3 is 0 Å². The summed E-state index contributed by atoms with van der Waals surface area (Å²) in [4.78, 5) is 14.9. The molecular weight excluding hydrogens is 304 g/mol. The predicted octanol–water partition coefficient (Wildman–Crippen LogP) is 2.13. The Morgan fingerprint density at radius 3 is 2.50 bits per heavy atom. The summed E-state index contributed by atoms with van der Waals surface area (Å²) >= 11 is 0. The molecule has 1 amide bonds. The monoisotopic (exact) mass is 330 g/mol. The van der Waals surface area contributed by atoms with Crippen LogP contribution in [0.15, 0.2) is 12.1 Å². The van der Waals surface area contributed by atoms with Crippen LogP contribution in [0.5, 0.6) is 5.75 Å². The highest BCUT2D eigenvalue weighted by Crippen LogP contribution is 2.38. The molecule has 5 nitrogen and oxygen atoms in total. The average Bonchev–Trinajstić information content (AvgIpc) is 2.91. The van der Waals surface area contributed by atoms with Gasteiger partial charge < -0.3 is 20.1 Å². The Morgan fingerprint density at radius 2 is 1.88 bits per heavy atom. The summed E-state index contributed by atoms with van der Waals surface area (Å²) in [7, 11) is 0. The maximum Gasteiger partial charge on any atom is 0.254 e. The zero-order valence-corrected chi connectivity index (χ0v) is 14.5. The van der Waals surface area contributed by atoms with Crippen LogP contribution in [0.3, 0.4) is 0 Å². The number of hydrogen-bond acceptors (Lipinski definition) is 4. The zero-order valence-electron chi connectivity index (χ0n) is 14.5. The van der Waals surface area contributed by atoms with Crippen molar-refractivity contribution in [1.82, 2.24) is 10.2 Å². The fourth-order valence-corrected chi connectivity index (χ4v) is 4.73. The number of phenols is 1. The van der Waals surface area contributed by atoms with Crippen LogP contribution in [-0.2, 0) is 4.74 Å². The third-order valence-corrected chi connectivity index (χ3v) is 5.85. The number of morpholine rings is 1. The first-order valence-corrected chi connectivity index (χ1v) is 8.95. The average molecular weight is 330 g/mol. The number of fused-ring (bicyclic) bond motifs is 2. The second-order valence-corrected chi connectivity index (χ2v) is 7.76. The fraction of sp³-hybridized carbons (Fsp3) is 0.632. The second kappa shape index (κ2) is 5.74. The highest BCUT2D eigenvalue weighted by molar-refractivity contribution is 5.95. The van der Waals surface area contributed by atoms with Gasteiger partial charge in [0, 0.05) is 24.2 Å². The maximum atomic E-state index is 13.0. The van der Waals surface area contributed by atoms with Crippen LogP contribution in [0, 0.1) is 13.8 Å². The maximum absolute atomic E-state index is 13.0. The molecule has 3 atom stereocenters. The van der Waals surface area contributed by atoms with Gasteiger partial charge in [-0.3, -0.25) is 4.79 Å². The summed E-state index contributed by atoms with van der Waals surface area (Å²) in [6.45, 7) is 5.61. The summed E-state index contributed by atoms with van der Waals surface area (Å²) in [5.41, 5.74) is 1.99. The third kappa shape index (κ3) is 2.70. The second-order valence-electron chi connectivity index (χ2n) is 7.76. The van der Waals surface area contributed by atoms with Crippen molar-refractivity contribution in [3.8, 4) is 5.75 Å². The smallest absolute Gasteiger partial charge is 0.254 e. The van der Waals surface area contributed by atoms with E-state index in [0.717, 1.165) is 24.0 Å². The van der Waals surface area contributed by atoms with Gasteiger partial charge in [-0.05, 0) is 62.8 Å². The predicted molar refractivity (Wildman–Crippen MR) is 91.3 cm³/mol. The van der Waals surface area contributed by atoms with E-state index in [2.05, 4.69) is 5.32 Å². The van der Waals surface area contributed by atoms with Gasteiger partial charge in [0.2, 0.25) is 0 Å². The minimum atomic E-state index is -0.175. The van der Waals surface area contributed by atoms with Crippen molar-refractivity contribution >= 4 is 5.91 Å². The number of amides is 1. The van der Waals surface area contributed by atoms with E-state index in [1.807, 2.05) is 18.7 Å². The highest BCUT2D eigenvalue weighted by atomic mass is 16.5. The lowest BCUT2D eigenvalue weighted by atomic mass is 9.85. The van der Waals surface area contributed by atoms with Crippen molar-refractivity contribution in [3.05, 3.63) is 28.8 Å². The van der Waals surface area contributed by atoms with E-state index in [-0.39, 0.29) is 17.3 Å². The topological polar surface area (TPSA) is 61.8 Å². The molecule has 0 saturated carbocycles. The molecule has 3 fully saturated rings. The highest BCUT2D eigenvalue weighted by Gasteiger charge is 2.47. The molecule has 1 spiro atoms. The zero-order chi connectivity index (χ0) is 16.9. The largest absolute Gasteiger partial charge is 0.507 e. The number of carbonyl (C=O) groups excluding carboxylic acids is 1. The molecule has 3 aliphatic rings. The van der Waals surface area contributed by atoms with E-state index < -0.39 is 0 Å². The van der Waals surface area contributed by atoms with Crippen molar-refractivity contribution in [1.29, 1.82) is 0 Å². The number of hydrogen-bond donors (Lipinski definition) is 2. The number of aromatic hydroxyl groups is 1. The Bertz CT molecular complexity index is 638. The van der Waals surface area contributed by atoms with E-state index in [9.17, 15) is 9.90 Å². The summed E-state index contributed by atoms with van der Waals surface area (Å²) < 4.78 is 6.20. The molecular formula is C19H26N2O3. The van der Waals surface area contributed by atoms with Crippen molar-refractivity contribution in [2.24, 2.45) is 0 Å². The molecule has 3 aliphatic heterocycles. The van der Waals surface area contributed by atoms with E-state index in [4.69, 9.17) is 4.74 Å². The molecule has 3 heterocycles. The van der Waals surface area contributed by atoms with Gasteiger partial charge in [0.15, 0.2) is 0 Å². The lowest BCUT2D eigenvalue weighted by Gasteiger charge is -2.47. The minimum absolute atomic E-state index is 0.0507. The van der Waals surface area contributed by atoms with Crippen molar-refractivity contribution in [3.63, 3.8) is 0 Å². The summed E-state index contributed by atoms with van der Waals surface area (Å²) in [6.07, 6.45) is 4.45. The first-order chi connectivity index (χ1) is 11.5. The van der Waals surface area contributed by atoms with Crippen LogP contribution in [-0.4, -0.2) is 53.3 Å². The van der Waals surface area contributed by atoms with Crippen LogP contribution in [0.2, 0.25) is 0 Å². The number of nitrogens with zero attached hydrogens (tertiary/aromatic N) is 1. The van der Waals surface area contributed by atoms with E-state index in [0.29, 0.717) is 37.3 Å². The first-order valence-electron chi connectivity index (χ1n) is 8.95. The summed E-state index contributed by atoms with van der Waals surface area (Å²) in [5.74, 6) is 0.328. The Kier molecular flexibility index (Phi) is 3.81. The lowest BCUT2D eigenvalue weighted by Crippen LogP contribution is -2.60. The van der Waals surface area contributed by atoms with Gasteiger partial charge in [0.1, 0.15) is 5.75 Å². The molecule has 1 aromatic carbocycles. The van der Waals surface area contributed by atoms with E-state index in [1.165, 1.54) is 12.8 Å². The fourth-order valence-electron chi connectivity index (χ4n) is 4.73. The molecule has 0 radical (unpaired) electrons. The molecule has 4 rings (SSSR count). The quantitative estimate of drug-likeness (QED) is 0.828. The molecule has 0 aliphatic carbocycles. The number of aryl methyl sites for hydroxylation is 2. The molecule has 24 heavy (non-hydrogen) atoms. The minimum Gasteiger partial charge on any atom is -0.507 e. The van der Waals surface area contributed by atoms with Crippen LogP contribution in [0.25, 0.3) is 0 Å². The molecule has 1 unspecified atom stereocenters. The van der Waals surface area contributed by atoms with Crippen LogP contribution in [0.1, 0.15) is 47.2 Å². The van der Waals surface area contributed by atoms with Gasteiger partial charge in [-0.15, -0.1) is 0 Å². The van der Waals surface area contributed by atoms with Crippen LogP contribution >= 0.6 is 0 Å². The molecule has 0 aromatic heterocycles. The molecule has 130 valence electrons. The van der Waals surface area contributed by atoms with Gasteiger partial charge in [-0.1, -0.05) is 0 Å². The Balaban J connectivity index is 1.55. The Hall–Kier alpha value is -1.59. The number of phenolic OH excluding ortho intramolecular Hbond substituents is 1. The first kappa shape index (κ1) is 15.9. The number of ether oxygens (including phenoxy) is 1. The molecule has 1 aromatic rings. The number of rotatable bonds is 1. The van der Waals surface area contributed by atoms with Crippen LogP contribution in [0.4, 0.5) is 0 Å². The molecule has 3 saturated heterocycles. The van der Waals surface area contributed by atoms with E-state index >= 15 is 0 Å². The summed E-state index contributed by atoms with van der Waals surface area (Å²) in [6, 6.07) is 4.66. The van der Waals surface area contributed by atoms with Gasteiger partial charge in [0.25, 0.3) is 5.91 Å². The SMILES string of the molecule is Cc1cc(C(=O)N2CCOC3(C[C@H]4CC[C@@H](C3)N4)C2)cc(C)c1O. The molecule has 5 heteroatoms. The van der Waals surface area contributed by atoms with Crippen LogP contribution < -0.4 is 5.32 Å². The number of piperidine rings is 1. The Labute approximate surface area is 143 Å². The number of nitrogens with one attached hydrogen (secondary N) is 1. The van der Waals surface area contributed by atoms with Gasteiger partial charge in [-0.2, -0.15) is 0 Å². The van der Waals surface area contributed by atoms with Crippen molar-refractivity contribution in [2.75, 3.05) is 19.7 Å². The van der Waals surface area contributed by atoms with Gasteiger partial charge in [-0.25, -0.2) is 0 Å². The molecule has 2 bridgehead atoms. The van der Waals surface area contributed by atoms with Gasteiger partial charge in [0.05, 0.1) is 18.8 Å².